The molecule has 0 amide bonds. The molecule has 2 aromatic rings. The zero-order chi connectivity index (χ0) is 12.4. The Labute approximate surface area is 111 Å². The molecule has 3 N–H and O–H groups in total. The van der Waals surface area contributed by atoms with Crippen LogP contribution in [-0.4, -0.2) is 22.5 Å². The highest BCUT2D eigenvalue weighted by molar-refractivity contribution is 8.00. The molecule has 3 rings (SSSR count). The zero-order valence-corrected chi connectivity index (χ0v) is 11.0. The van der Waals surface area contributed by atoms with Crippen molar-refractivity contribution < 1.29 is 0 Å². The van der Waals surface area contributed by atoms with Gasteiger partial charge in [-0.3, -0.25) is 4.98 Å². The lowest BCUT2D eigenvalue weighted by Crippen LogP contribution is -2.13. The molecule has 1 saturated heterocycles. The highest BCUT2D eigenvalue weighted by atomic mass is 32.2. The van der Waals surface area contributed by atoms with Crippen LogP contribution in [0.3, 0.4) is 0 Å². The third kappa shape index (κ3) is 2.38. The summed E-state index contributed by atoms with van der Waals surface area (Å²) in [6, 6.07) is 7.93. The molecule has 0 spiro atoms. The second-order valence-corrected chi connectivity index (χ2v) is 6.06. The van der Waals surface area contributed by atoms with Crippen LogP contribution in [0, 0.1) is 0 Å². The van der Waals surface area contributed by atoms with Gasteiger partial charge in [-0.05, 0) is 42.9 Å². The van der Waals surface area contributed by atoms with Gasteiger partial charge in [-0.1, -0.05) is 0 Å². The SMILES string of the molecule is Nc1ccc2c(NCC3CCCS3)ccnc2c1. The number of nitrogens with two attached hydrogens (primary N) is 1. The average Bonchev–Trinajstić information content (AvgIpc) is 2.89. The lowest BCUT2D eigenvalue weighted by Gasteiger charge is -2.13. The van der Waals surface area contributed by atoms with E-state index in [0.717, 1.165) is 34.1 Å². The summed E-state index contributed by atoms with van der Waals surface area (Å²) in [4.78, 5) is 4.36. The first-order valence-corrected chi connectivity index (χ1v) is 7.37. The van der Waals surface area contributed by atoms with E-state index in [1.807, 2.05) is 30.5 Å². The second kappa shape index (κ2) is 5.06. The molecule has 4 heteroatoms. The Hall–Kier alpha value is -1.42. The Morgan fingerprint density at radius 1 is 1.39 bits per heavy atom. The predicted molar refractivity (Wildman–Crippen MR) is 80.1 cm³/mol. The molecular weight excluding hydrogens is 242 g/mol. The van der Waals surface area contributed by atoms with E-state index in [1.165, 1.54) is 18.6 Å². The number of benzene rings is 1. The maximum Gasteiger partial charge on any atom is 0.0743 e. The van der Waals surface area contributed by atoms with Crippen molar-refractivity contribution in [1.82, 2.24) is 4.98 Å². The topological polar surface area (TPSA) is 50.9 Å². The van der Waals surface area contributed by atoms with Crippen LogP contribution in [0.15, 0.2) is 30.5 Å². The van der Waals surface area contributed by atoms with Gasteiger partial charge in [0, 0.05) is 34.8 Å². The second-order valence-electron chi connectivity index (χ2n) is 4.65. The normalized spacial score (nSPS) is 19.2. The first kappa shape index (κ1) is 11.7. The number of anilines is 2. The van der Waals surface area contributed by atoms with E-state index >= 15 is 0 Å². The minimum Gasteiger partial charge on any atom is -0.399 e. The molecule has 94 valence electrons. The zero-order valence-electron chi connectivity index (χ0n) is 10.2. The molecular formula is C14H17N3S. The largest absolute Gasteiger partial charge is 0.399 e. The van der Waals surface area contributed by atoms with E-state index in [4.69, 9.17) is 5.73 Å². The summed E-state index contributed by atoms with van der Waals surface area (Å²) in [7, 11) is 0. The Morgan fingerprint density at radius 2 is 2.33 bits per heavy atom. The third-order valence-corrected chi connectivity index (χ3v) is 4.71. The van der Waals surface area contributed by atoms with Crippen molar-refractivity contribution in [1.29, 1.82) is 0 Å². The Balaban J connectivity index is 1.82. The van der Waals surface area contributed by atoms with Gasteiger partial charge in [-0.2, -0.15) is 11.8 Å². The molecule has 1 fully saturated rings. The minimum atomic E-state index is 0.752. The fourth-order valence-corrected chi connectivity index (χ4v) is 3.55. The van der Waals surface area contributed by atoms with E-state index < -0.39 is 0 Å². The summed E-state index contributed by atoms with van der Waals surface area (Å²) >= 11 is 2.07. The predicted octanol–water partition coefficient (Wildman–Crippen LogP) is 3.12. The van der Waals surface area contributed by atoms with Crippen molar-refractivity contribution in [3.05, 3.63) is 30.5 Å². The van der Waals surface area contributed by atoms with Gasteiger partial charge in [0.15, 0.2) is 0 Å². The van der Waals surface area contributed by atoms with Gasteiger partial charge in [-0.25, -0.2) is 0 Å². The van der Waals surface area contributed by atoms with Crippen LogP contribution < -0.4 is 11.1 Å². The maximum absolute atomic E-state index is 5.78. The first-order chi connectivity index (χ1) is 8.83. The Bertz CT molecular complexity index is 550. The van der Waals surface area contributed by atoms with Gasteiger partial charge >= 0.3 is 0 Å². The van der Waals surface area contributed by atoms with Crippen molar-refractivity contribution in [2.24, 2.45) is 0 Å². The van der Waals surface area contributed by atoms with Crippen molar-refractivity contribution in [2.45, 2.75) is 18.1 Å². The summed E-state index contributed by atoms with van der Waals surface area (Å²) in [5.41, 5.74) is 8.66. The van der Waals surface area contributed by atoms with Crippen molar-refractivity contribution >= 4 is 34.0 Å². The van der Waals surface area contributed by atoms with Crippen LogP contribution in [-0.2, 0) is 0 Å². The van der Waals surface area contributed by atoms with E-state index in [-0.39, 0.29) is 0 Å². The molecule has 0 radical (unpaired) electrons. The van der Waals surface area contributed by atoms with Crippen LogP contribution in [0.2, 0.25) is 0 Å². The number of rotatable bonds is 3. The molecule has 2 heterocycles. The van der Waals surface area contributed by atoms with Gasteiger partial charge < -0.3 is 11.1 Å². The molecule has 0 aliphatic carbocycles. The van der Waals surface area contributed by atoms with Gasteiger partial charge in [0.05, 0.1) is 5.52 Å². The quantitative estimate of drug-likeness (QED) is 0.832. The minimum absolute atomic E-state index is 0.752. The van der Waals surface area contributed by atoms with Gasteiger partial charge in [0.1, 0.15) is 0 Å². The summed E-state index contributed by atoms with van der Waals surface area (Å²) in [6.07, 6.45) is 4.52. The fraction of sp³-hybridized carbons (Fsp3) is 0.357. The molecule has 1 aliphatic heterocycles. The van der Waals surface area contributed by atoms with Gasteiger partial charge in [-0.15, -0.1) is 0 Å². The average molecular weight is 259 g/mol. The van der Waals surface area contributed by atoms with Crippen molar-refractivity contribution in [3.8, 4) is 0 Å². The van der Waals surface area contributed by atoms with E-state index in [0.29, 0.717) is 0 Å². The number of pyridine rings is 1. The number of nitrogens with one attached hydrogen (secondary N) is 1. The van der Waals surface area contributed by atoms with Crippen LogP contribution in [0.5, 0.6) is 0 Å². The van der Waals surface area contributed by atoms with Gasteiger partial charge in [0.2, 0.25) is 0 Å². The van der Waals surface area contributed by atoms with Crippen LogP contribution >= 0.6 is 11.8 Å². The molecule has 18 heavy (non-hydrogen) atoms. The van der Waals surface area contributed by atoms with Crippen LogP contribution in [0.25, 0.3) is 10.9 Å². The first-order valence-electron chi connectivity index (χ1n) is 6.32. The standard InChI is InChI=1S/C14H17N3S/c15-10-3-4-12-13(5-6-16-14(12)8-10)17-9-11-2-1-7-18-11/h3-6,8,11H,1-2,7,9,15H2,(H,16,17). The van der Waals surface area contributed by atoms with Crippen molar-refractivity contribution in [2.75, 3.05) is 23.3 Å². The molecule has 1 atom stereocenters. The number of nitrogen functional groups attached to an aromatic ring is 1. The smallest absolute Gasteiger partial charge is 0.0743 e. The molecule has 3 nitrogen and oxygen atoms in total. The van der Waals surface area contributed by atoms with Gasteiger partial charge in [0.25, 0.3) is 0 Å². The van der Waals surface area contributed by atoms with E-state index in [2.05, 4.69) is 22.1 Å². The summed E-state index contributed by atoms with van der Waals surface area (Å²) in [5, 5.41) is 5.45. The highest BCUT2D eigenvalue weighted by Gasteiger charge is 2.15. The third-order valence-electron chi connectivity index (χ3n) is 3.31. The Morgan fingerprint density at radius 3 is 3.17 bits per heavy atom. The number of hydrogen-bond acceptors (Lipinski definition) is 4. The molecule has 0 bridgehead atoms. The number of thioether (sulfide) groups is 1. The number of fused-ring (bicyclic) bond motifs is 1. The van der Waals surface area contributed by atoms with E-state index in [9.17, 15) is 0 Å². The lowest BCUT2D eigenvalue weighted by atomic mass is 10.1. The molecule has 1 aromatic carbocycles. The summed E-state index contributed by atoms with van der Waals surface area (Å²) in [6.45, 7) is 1.04. The van der Waals surface area contributed by atoms with E-state index in [1.54, 1.807) is 0 Å². The lowest BCUT2D eigenvalue weighted by molar-refractivity contribution is 0.806. The summed E-state index contributed by atoms with van der Waals surface area (Å²) in [5.74, 6) is 1.31. The highest BCUT2D eigenvalue weighted by Crippen LogP contribution is 2.28. The fourth-order valence-electron chi connectivity index (χ4n) is 2.35. The molecule has 1 unspecified atom stereocenters. The number of aromatic nitrogens is 1. The Kier molecular flexibility index (Phi) is 3.28. The van der Waals surface area contributed by atoms with Crippen LogP contribution in [0.4, 0.5) is 11.4 Å². The molecule has 1 aliphatic rings. The van der Waals surface area contributed by atoms with Crippen LogP contribution in [0.1, 0.15) is 12.8 Å². The van der Waals surface area contributed by atoms with Crippen molar-refractivity contribution in [3.63, 3.8) is 0 Å². The monoisotopic (exact) mass is 259 g/mol. The molecule has 1 aromatic heterocycles. The number of nitrogens with zero attached hydrogens (tertiary/aromatic N) is 1. The number of hydrogen-bond donors (Lipinski definition) is 2. The maximum atomic E-state index is 5.78. The summed E-state index contributed by atoms with van der Waals surface area (Å²) < 4.78 is 0. The molecule has 0 saturated carbocycles.